The number of carbonyl (C=O) groups excluding carboxylic acids is 2. The van der Waals surface area contributed by atoms with Gasteiger partial charge < -0.3 is 25.0 Å². The first-order valence-corrected chi connectivity index (χ1v) is 9.91. The molecule has 3 aromatic rings. The summed E-state index contributed by atoms with van der Waals surface area (Å²) >= 11 is 0. The highest BCUT2D eigenvalue weighted by Crippen LogP contribution is 2.28. The number of carbonyl (C=O) groups is 2. The summed E-state index contributed by atoms with van der Waals surface area (Å²) in [4.78, 5) is 24.2. The highest BCUT2D eigenvalue weighted by atomic mass is 16.5. The molecule has 0 atom stereocenters. The van der Waals surface area contributed by atoms with Crippen molar-refractivity contribution in [3.05, 3.63) is 83.9 Å². The Morgan fingerprint density at radius 3 is 2.38 bits per heavy atom. The van der Waals surface area contributed by atoms with Crippen molar-refractivity contribution in [2.75, 3.05) is 31.6 Å². The summed E-state index contributed by atoms with van der Waals surface area (Å²) in [6.45, 7) is 0.301. The monoisotopic (exact) mass is 435 g/mol. The Bertz CT molecular complexity index is 1060. The predicted octanol–water partition coefficient (Wildman–Crippen LogP) is 3.62. The van der Waals surface area contributed by atoms with Gasteiger partial charge in [-0.25, -0.2) is 10.2 Å². The quantitative estimate of drug-likeness (QED) is 0.331. The molecule has 0 aliphatic rings. The number of hydrazine groups is 1. The number of hydrogen-bond donors (Lipinski definition) is 3. The molecule has 1 amide bonds. The maximum Gasteiger partial charge on any atom is 0.339 e. The van der Waals surface area contributed by atoms with Gasteiger partial charge in [0.05, 0.1) is 25.5 Å². The average Bonchev–Trinajstić information content (AvgIpc) is 2.83. The van der Waals surface area contributed by atoms with Crippen molar-refractivity contribution >= 4 is 23.3 Å². The second kappa shape index (κ2) is 11.4. The van der Waals surface area contributed by atoms with E-state index in [2.05, 4.69) is 16.2 Å². The maximum atomic E-state index is 12.3. The topological polar surface area (TPSA) is 97.9 Å². The Balaban J connectivity index is 1.55. The van der Waals surface area contributed by atoms with Gasteiger partial charge >= 0.3 is 5.97 Å². The van der Waals surface area contributed by atoms with Crippen LogP contribution in [-0.2, 0) is 16.1 Å². The van der Waals surface area contributed by atoms with Crippen molar-refractivity contribution < 1.29 is 23.8 Å². The fraction of sp³-hybridized carbons (Fsp3) is 0.167. The van der Waals surface area contributed by atoms with Crippen LogP contribution >= 0.6 is 0 Å². The Labute approximate surface area is 186 Å². The molecule has 0 saturated heterocycles. The van der Waals surface area contributed by atoms with Crippen molar-refractivity contribution in [3.8, 4) is 11.5 Å². The molecule has 3 aromatic carbocycles. The molecule has 8 heteroatoms. The summed E-state index contributed by atoms with van der Waals surface area (Å²) in [5, 5.41) is 2.66. The van der Waals surface area contributed by atoms with Crippen LogP contribution in [-0.4, -0.2) is 32.7 Å². The number of amides is 1. The fourth-order valence-electron chi connectivity index (χ4n) is 2.92. The summed E-state index contributed by atoms with van der Waals surface area (Å²) in [5.41, 5.74) is 8.80. The van der Waals surface area contributed by atoms with Crippen LogP contribution in [0, 0.1) is 0 Å². The van der Waals surface area contributed by atoms with E-state index in [-0.39, 0.29) is 12.2 Å². The van der Waals surface area contributed by atoms with E-state index in [1.807, 2.05) is 42.5 Å². The van der Waals surface area contributed by atoms with Gasteiger partial charge in [-0.05, 0) is 42.0 Å². The SMILES string of the molecule is COC(=O)c1ccccc1NC(=O)COc1ccc(CNNc2ccccc2)cc1OC. The molecule has 166 valence electrons. The zero-order valence-corrected chi connectivity index (χ0v) is 17.9. The van der Waals surface area contributed by atoms with Crippen molar-refractivity contribution in [2.45, 2.75) is 6.54 Å². The van der Waals surface area contributed by atoms with E-state index < -0.39 is 11.9 Å². The first-order valence-electron chi connectivity index (χ1n) is 9.91. The predicted molar refractivity (Wildman–Crippen MR) is 122 cm³/mol. The molecule has 3 rings (SSSR count). The van der Waals surface area contributed by atoms with E-state index in [1.165, 1.54) is 14.2 Å². The molecule has 0 radical (unpaired) electrons. The van der Waals surface area contributed by atoms with Gasteiger partial charge in [0.15, 0.2) is 18.1 Å². The zero-order chi connectivity index (χ0) is 22.8. The molecular formula is C24H25N3O5. The van der Waals surface area contributed by atoms with E-state index >= 15 is 0 Å². The number of para-hydroxylation sites is 2. The summed E-state index contributed by atoms with van der Waals surface area (Å²) in [5.74, 6) is -0.00825. The van der Waals surface area contributed by atoms with E-state index in [1.54, 1.807) is 30.3 Å². The molecule has 0 unspecified atom stereocenters. The molecule has 0 heterocycles. The van der Waals surface area contributed by atoms with Crippen molar-refractivity contribution in [2.24, 2.45) is 0 Å². The first-order chi connectivity index (χ1) is 15.6. The van der Waals surface area contributed by atoms with E-state index in [4.69, 9.17) is 14.2 Å². The van der Waals surface area contributed by atoms with Crippen molar-refractivity contribution in [1.82, 2.24) is 5.43 Å². The normalized spacial score (nSPS) is 10.2. The van der Waals surface area contributed by atoms with Gasteiger partial charge in [0.2, 0.25) is 0 Å². The largest absolute Gasteiger partial charge is 0.493 e. The minimum Gasteiger partial charge on any atom is -0.493 e. The van der Waals surface area contributed by atoms with E-state index in [0.717, 1.165) is 11.3 Å². The van der Waals surface area contributed by atoms with Crippen LogP contribution in [0.15, 0.2) is 72.8 Å². The minimum atomic E-state index is -0.533. The third-order valence-electron chi connectivity index (χ3n) is 4.49. The average molecular weight is 435 g/mol. The minimum absolute atomic E-state index is 0.251. The molecule has 32 heavy (non-hydrogen) atoms. The number of anilines is 2. The van der Waals surface area contributed by atoms with E-state index in [0.29, 0.717) is 23.7 Å². The maximum absolute atomic E-state index is 12.3. The fourth-order valence-corrected chi connectivity index (χ4v) is 2.92. The highest BCUT2D eigenvalue weighted by Gasteiger charge is 2.14. The van der Waals surface area contributed by atoms with Gasteiger partial charge in [-0.15, -0.1) is 0 Å². The number of benzene rings is 3. The lowest BCUT2D eigenvalue weighted by atomic mass is 10.2. The van der Waals surface area contributed by atoms with Crippen LogP contribution in [0.25, 0.3) is 0 Å². The Hall–Kier alpha value is -4.04. The standard InChI is InChI=1S/C24H25N3O5/c1-30-22-14-17(15-25-27-18-8-4-3-5-9-18)12-13-21(22)32-16-23(28)26-20-11-7-6-10-19(20)24(29)31-2/h3-14,25,27H,15-16H2,1-2H3,(H,26,28). The third kappa shape index (κ3) is 6.23. The Morgan fingerprint density at radius 2 is 1.62 bits per heavy atom. The van der Waals surface area contributed by atoms with Gasteiger partial charge in [-0.1, -0.05) is 36.4 Å². The van der Waals surface area contributed by atoms with E-state index in [9.17, 15) is 9.59 Å². The van der Waals surface area contributed by atoms with Gasteiger partial charge in [-0.3, -0.25) is 4.79 Å². The smallest absolute Gasteiger partial charge is 0.339 e. The molecule has 0 aromatic heterocycles. The van der Waals surface area contributed by atoms with Gasteiger partial charge in [-0.2, -0.15) is 0 Å². The van der Waals surface area contributed by atoms with Crippen LogP contribution in [0.3, 0.4) is 0 Å². The number of esters is 1. The summed E-state index contributed by atoms with van der Waals surface area (Å²) in [7, 11) is 2.82. The second-order valence-corrected chi connectivity index (χ2v) is 6.70. The molecule has 0 aliphatic carbocycles. The summed E-state index contributed by atoms with van der Waals surface area (Å²) < 4.78 is 15.8. The zero-order valence-electron chi connectivity index (χ0n) is 17.9. The number of hydrogen-bond acceptors (Lipinski definition) is 7. The summed E-state index contributed by atoms with van der Waals surface area (Å²) in [6.07, 6.45) is 0. The molecule has 0 fully saturated rings. The number of ether oxygens (including phenoxy) is 3. The molecule has 0 saturated carbocycles. The van der Waals surface area contributed by atoms with Gasteiger partial charge in [0, 0.05) is 12.2 Å². The third-order valence-corrected chi connectivity index (χ3v) is 4.49. The lowest BCUT2D eigenvalue weighted by Gasteiger charge is -2.14. The molecule has 0 bridgehead atoms. The van der Waals surface area contributed by atoms with Crippen LogP contribution in [0.1, 0.15) is 15.9 Å². The van der Waals surface area contributed by atoms with Gasteiger partial charge in [0.1, 0.15) is 0 Å². The lowest BCUT2D eigenvalue weighted by molar-refractivity contribution is -0.118. The summed E-state index contributed by atoms with van der Waals surface area (Å²) in [6, 6.07) is 21.8. The first kappa shape index (κ1) is 22.6. The molecule has 0 spiro atoms. The number of nitrogens with one attached hydrogen (secondary N) is 3. The Morgan fingerprint density at radius 1 is 0.875 bits per heavy atom. The second-order valence-electron chi connectivity index (χ2n) is 6.70. The van der Waals surface area contributed by atoms with Crippen molar-refractivity contribution in [3.63, 3.8) is 0 Å². The van der Waals surface area contributed by atoms with Crippen LogP contribution in [0.4, 0.5) is 11.4 Å². The molecular weight excluding hydrogens is 410 g/mol. The molecule has 8 nitrogen and oxygen atoms in total. The Kier molecular flexibility index (Phi) is 8.05. The van der Waals surface area contributed by atoms with Crippen LogP contribution in [0.5, 0.6) is 11.5 Å². The van der Waals surface area contributed by atoms with Crippen molar-refractivity contribution in [1.29, 1.82) is 0 Å². The van der Waals surface area contributed by atoms with Crippen LogP contribution in [0.2, 0.25) is 0 Å². The van der Waals surface area contributed by atoms with Gasteiger partial charge in [0.25, 0.3) is 5.91 Å². The van der Waals surface area contributed by atoms with Crippen LogP contribution < -0.4 is 25.6 Å². The highest BCUT2D eigenvalue weighted by molar-refractivity contribution is 6.01. The number of methoxy groups -OCH3 is 2. The molecule has 3 N–H and O–H groups in total. The lowest BCUT2D eigenvalue weighted by Crippen LogP contribution is -2.22. The molecule has 0 aliphatic heterocycles. The number of rotatable bonds is 10.